The lowest BCUT2D eigenvalue weighted by molar-refractivity contribution is -0.583. The SMILES string of the molecule is COc1ccc([C@@H]2N=C(NC3=[N+](Cc4cc(C(C)(C)C)c(OC)c(C(C)(C)C)c4)[C@@H](c4ccccc4)[C@H](c4ccccc4)N3Cc3cc(C(C)(C)C)c(OC)c(C(C)(C)C)c3)N[C@H]2c2ccc(OC)cc2)cc1.[Cl-]. The minimum absolute atomic E-state index is 0. The Morgan fingerprint density at radius 2 is 0.932 bits per heavy atom. The third-order valence-corrected chi connectivity index (χ3v) is 14.5. The van der Waals surface area contributed by atoms with Crippen LogP contribution in [0.25, 0.3) is 0 Å². The van der Waals surface area contributed by atoms with Crippen molar-refractivity contribution in [2.45, 2.75) is 142 Å². The molecule has 0 fully saturated rings. The maximum absolute atomic E-state index is 6.33. The van der Waals surface area contributed by atoms with Gasteiger partial charge in [0.15, 0.2) is 0 Å². The predicted molar refractivity (Wildman–Crippen MR) is 299 cm³/mol. The number of hydrogen-bond donors (Lipinski definition) is 2. The molecule has 6 aromatic carbocycles. The molecule has 6 aromatic rings. The van der Waals surface area contributed by atoms with Gasteiger partial charge >= 0.3 is 5.96 Å². The van der Waals surface area contributed by atoms with Crippen LogP contribution >= 0.6 is 0 Å². The topological polar surface area (TPSA) is 79.6 Å². The first-order chi connectivity index (χ1) is 34.5. The van der Waals surface area contributed by atoms with Crippen molar-refractivity contribution >= 4 is 11.9 Å². The van der Waals surface area contributed by atoms with Crippen LogP contribution in [0.2, 0.25) is 0 Å². The van der Waals surface area contributed by atoms with Gasteiger partial charge in [-0.3, -0.25) is 0 Å². The summed E-state index contributed by atoms with van der Waals surface area (Å²) in [5, 5.41) is 8.03. The van der Waals surface area contributed by atoms with Crippen molar-refractivity contribution in [2.75, 3.05) is 28.4 Å². The van der Waals surface area contributed by atoms with E-state index in [4.69, 9.17) is 23.9 Å². The van der Waals surface area contributed by atoms with Crippen LogP contribution < -0.4 is 42.0 Å². The van der Waals surface area contributed by atoms with Crippen molar-refractivity contribution in [3.63, 3.8) is 0 Å². The molecule has 4 atom stereocenters. The van der Waals surface area contributed by atoms with Gasteiger partial charge in [-0.05, 0) is 104 Å². The highest BCUT2D eigenvalue weighted by atomic mass is 35.5. The summed E-state index contributed by atoms with van der Waals surface area (Å²) in [5.74, 6) is 5.16. The van der Waals surface area contributed by atoms with Gasteiger partial charge in [0, 0.05) is 22.3 Å². The molecule has 0 saturated heterocycles. The number of nitrogens with one attached hydrogen (secondary N) is 2. The van der Waals surface area contributed by atoms with Crippen molar-refractivity contribution in [3.05, 3.63) is 189 Å². The zero-order valence-corrected chi connectivity index (χ0v) is 47.5. The van der Waals surface area contributed by atoms with E-state index in [1.54, 1.807) is 14.2 Å². The van der Waals surface area contributed by atoms with Crippen LogP contribution in [0.15, 0.2) is 138 Å². The van der Waals surface area contributed by atoms with Gasteiger partial charge in [-0.1, -0.05) is 168 Å². The van der Waals surface area contributed by atoms with Gasteiger partial charge in [-0.25, -0.2) is 19.8 Å². The third kappa shape index (κ3) is 11.6. The van der Waals surface area contributed by atoms with Crippen LogP contribution in [0, 0.1) is 0 Å². The zero-order valence-electron chi connectivity index (χ0n) is 46.8. The minimum Gasteiger partial charge on any atom is -1.00 e. The monoisotopic (exact) mass is 1020 g/mol. The molecule has 9 nitrogen and oxygen atoms in total. The fourth-order valence-electron chi connectivity index (χ4n) is 10.7. The summed E-state index contributed by atoms with van der Waals surface area (Å²) >= 11 is 0. The molecule has 2 aliphatic rings. The van der Waals surface area contributed by atoms with Gasteiger partial charge < -0.3 is 36.7 Å². The molecule has 74 heavy (non-hydrogen) atoms. The van der Waals surface area contributed by atoms with Crippen LogP contribution in [0.4, 0.5) is 0 Å². The van der Waals surface area contributed by atoms with Gasteiger partial charge in [0.1, 0.15) is 41.1 Å². The van der Waals surface area contributed by atoms with E-state index in [0.717, 1.165) is 40.1 Å². The van der Waals surface area contributed by atoms with E-state index >= 15 is 0 Å². The van der Waals surface area contributed by atoms with Crippen molar-refractivity contribution < 1.29 is 35.9 Å². The largest absolute Gasteiger partial charge is 1.00 e. The Labute approximate surface area is 448 Å². The van der Waals surface area contributed by atoms with Crippen LogP contribution in [0.3, 0.4) is 0 Å². The van der Waals surface area contributed by atoms with Crippen molar-refractivity contribution in [1.29, 1.82) is 0 Å². The molecule has 0 radical (unpaired) electrons. The first kappa shape index (κ1) is 55.3. The normalized spacial score (nSPS) is 18.1. The van der Waals surface area contributed by atoms with E-state index in [1.807, 2.05) is 38.5 Å². The molecular weight excluding hydrogens is 938 g/mol. The number of ether oxygens (including phenoxy) is 4. The predicted octanol–water partition coefficient (Wildman–Crippen LogP) is 10.8. The second-order valence-electron chi connectivity index (χ2n) is 24.0. The Kier molecular flexibility index (Phi) is 16.3. The number of guanidine groups is 2. The molecule has 392 valence electrons. The molecule has 0 bridgehead atoms. The van der Waals surface area contributed by atoms with Crippen molar-refractivity contribution in [3.8, 4) is 23.0 Å². The summed E-state index contributed by atoms with van der Waals surface area (Å²) in [7, 11) is 7.03. The molecule has 2 heterocycles. The van der Waals surface area contributed by atoms with E-state index in [0.29, 0.717) is 19.0 Å². The van der Waals surface area contributed by atoms with Gasteiger partial charge in [0.05, 0.1) is 47.6 Å². The molecule has 0 spiro atoms. The summed E-state index contributed by atoms with van der Waals surface area (Å²) in [6.07, 6.45) is 0. The van der Waals surface area contributed by atoms with Crippen molar-refractivity contribution in [1.82, 2.24) is 15.5 Å². The number of hydrogen-bond acceptors (Lipinski definition) is 8. The maximum Gasteiger partial charge on any atom is 0.357 e. The average molecular weight is 1020 g/mol. The molecule has 0 aliphatic carbocycles. The van der Waals surface area contributed by atoms with Crippen LogP contribution in [-0.4, -0.2) is 49.8 Å². The molecule has 0 amide bonds. The summed E-state index contributed by atoms with van der Waals surface area (Å²) < 4.78 is 26.5. The number of rotatable bonds is 12. The minimum atomic E-state index is -0.254. The van der Waals surface area contributed by atoms with E-state index in [9.17, 15) is 0 Å². The Hall–Kier alpha value is -6.45. The molecule has 0 unspecified atom stereocenters. The van der Waals surface area contributed by atoms with E-state index < -0.39 is 0 Å². The first-order valence-electron chi connectivity index (χ1n) is 25.9. The Bertz CT molecular complexity index is 2870. The molecule has 2 aliphatic heterocycles. The molecule has 0 aromatic heterocycles. The van der Waals surface area contributed by atoms with E-state index in [2.05, 4.69) is 212 Å². The van der Waals surface area contributed by atoms with Crippen molar-refractivity contribution in [2.24, 2.45) is 4.99 Å². The number of halogens is 1. The fourth-order valence-corrected chi connectivity index (χ4v) is 10.7. The lowest BCUT2D eigenvalue weighted by atomic mass is 9.78. The molecule has 10 heteroatoms. The Morgan fingerprint density at radius 1 is 0.514 bits per heavy atom. The molecule has 2 N–H and O–H groups in total. The lowest BCUT2D eigenvalue weighted by Gasteiger charge is -2.31. The number of methoxy groups -OCH3 is 4. The Morgan fingerprint density at radius 3 is 1.35 bits per heavy atom. The van der Waals surface area contributed by atoms with Crippen LogP contribution in [0.5, 0.6) is 23.0 Å². The van der Waals surface area contributed by atoms with E-state index in [1.165, 1.54) is 44.5 Å². The highest BCUT2D eigenvalue weighted by molar-refractivity contribution is 5.98. The second-order valence-corrected chi connectivity index (χ2v) is 24.0. The maximum atomic E-state index is 6.33. The molecule has 8 rings (SSSR count). The van der Waals surface area contributed by atoms with Gasteiger partial charge in [0.25, 0.3) is 5.96 Å². The third-order valence-electron chi connectivity index (χ3n) is 14.5. The molecule has 0 saturated carbocycles. The fraction of sp³-hybridized carbons (Fsp3) is 0.406. The number of benzene rings is 6. The number of nitrogens with zero attached hydrogens (tertiary/aromatic N) is 3. The van der Waals surface area contributed by atoms with Gasteiger partial charge in [-0.15, -0.1) is 0 Å². The van der Waals surface area contributed by atoms with Gasteiger partial charge in [-0.2, -0.15) is 0 Å². The van der Waals surface area contributed by atoms with Crippen LogP contribution in [0.1, 0.15) is 163 Å². The lowest BCUT2D eigenvalue weighted by Crippen LogP contribution is -3.00. The highest BCUT2D eigenvalue weighted by Gasteiger charge is 2.50. The first-order valence-corrected chi connectivity index (χ1v) is 25.9. The smallest absolute Gasteiger partial charge is 0.357 e. The summed E-state index contributed by atoms with van der Waals surface area (Å²) in [6.45, 7) is 28.6. The highest BCUT2D eigenvalue weighted by Crippen LogP contribution is 2.47. The molecular formula is C64H80ClN5O4. The number of aliphatic imine (C=N–C) groups is 1. The summed E-state index contributed by atoms with van der Waals surface area (Å²) in [4.78, 5) is 8.20. The van der Waals surface area contributed by atoms with E-state index in [-0.39, 0.29) is 58.2 Å². The summed E-state index contributed by atoms with van der Waals surface area (Å²) in [5.41, 5.74) is 11.0. The van der Waals surface area contributed by atoms with Gasteiger partial charge in [0.2, 0.25) is 0 Å². The average Bonchev–Trinajstić information content (AvgIpc) is 3.91. The second kappa shape index (κ2) is 21.8. The Balaban J connectivity index is 0.00000800. The zero-order chi connectivity index (χ0) is 52.6. The standard InChI is InChI=1S/C64H79N5O4.ClH/c1-61(2,3)49-35-41(36-50(57(49)72-15)62(4,5)6)39-68-55(45-23-19-17-20-24-45)56(46-25-21-18-22-26-46)69(40-42-37-51(63(7,8)9)58(73-16)52(38-42)64(10,11)12)60(68)67-59-65-53(43-27-31-47(70-13)32-28-43)54(66-59)44-29-33-48(71-14)34-30-44;/h17-38,53-56H,39-40H2,1-16H3,(H,65,66);1H/t53-,54-,55-,56-;/m0./s1. The summed E-state index contributed by atoms with van der Waals surface area (Å²) in [6, 6.07) is 47.5. The van der Waals surface area contributed by atoms with Crippen LogP contribution in [-0.2, 0) is 34.7 Å². The quantitative estimate of drug-likeness (QED) is 0.118.